The monoisotopic (exact) mass is 303 g/mol. The molecule has 108 valence electrons. The molecule has 0 radical (unpaired) electrons. The Hall–Kier alpha value is -2.40. The summed E-state index contributed by atoms with van der Waals surface area (Å²) in [6, 6.07) is 10.6. The molecular weight excluding hydrogens is 290 g/mol. The highest BCUT2D eigenvalue weighted by Crippen LogP contribution is 2.22. The van der Waals surface area contributed by atoms with Gasteiger partial charge >= 0.3 is 0 Å². The van der Waals surface area contributed by atoms with Crippen LogP contribution in [-0.4, -0.2) is 23.2 Å². The van der Waals surface area contributed by atoms with Gasteiger partial charge in [-0.25, -0.2) is 5.43 Å². The molecule has 6 heteroatoms. The minimum absolute atomic E-state index is 0.156. The zero-order valence-corrected chi connectivity index (χ0v) is 12.2. The first-order valence-corrected chi connectivity index (χ1v) is 6.65. The predicted octanol–water partition coefficient (Wildman–Crippen LogP) is 2.65. The Kier molecular flexibility index (Phi) is 5.29. The highest BCUT2D eigenvalue weighted by Gasteiger charge is 2.05. The fourth-order valence-corrected chi connectivity index (χ4v) is 1.73. The molecule has 0 aliphatic carbocycles. The summed E-state index contributed by atoms with van der Waals surface area (Å²) < 4.78 is 5.31. The van der Waals surface area contributed by atoms with Crippen molar-refractivity contribution in [3.8, 4) is 5.75 Å². The SMILES string of the molecule is C/C(=N/NC(=O)COc1ccccc1Cl)c1ccncc1. The lowest BCUT2D eigenvalue weighted by Gasteiger charge is -2.07. The van der Waals surface area contributed by atoms with Gasteiger partial charge in [-0.05, 0) is 31.2 Å². The maximum Gasteiger partial charge on any atom is 0.277 e. The third-order valence-electron chi connectivity index (χ3n) is 2.64. The average molecular weight is 304 g/mol. The standard InChI is InChI=1S/C15H14ClN3O2/c1-11(12-6-8-17-9-7-12)18-19-15(20)10-21-14-5-3-2-4-13(14)16/h2-9H,10H2,1H3,(H,19,20)/b18-11-. The van der Waals surface area contributed by atoms with Crippen LogP contribution >= 0.6 is 11.6 Å². The van der Waals surface area contributed by atoms with Crippen molar-refractivity contribution in [2.75, 3.05) is 6.61 Å². The molecule has 21 heavy (non-hydrogen) atoms. The first-order valence-electron chi connectivity index (χ1n) is 6.27. The first kappa shape index (κ1) is 15.0. The van der Waals surface area contributed by atoms with E-state index in [1.165, 1.54) is 0 Å². The second kappa shape index (κ2) is 7.40. The number of ether oxygens (including phenoxy) is 1. The van der Waals surface area contributed by atoms with E-state index >= 15 is 0 Å². The van der Waals surface area contributed by atoms with Crippen molar-refractivity contribution in [3.05, 3.63) is 59.4 Å². The Bertz CT molecular complexity index is 644. The van der Waals surface area contributed by atoms with E-state index in [1.54, 1.807) is 43.6 Å². The summed E-state index contributed by atoms with van der Waals surface area (Å²) in [6.07, 6.45) is 3.33. The van der Waals surface area contributed by atoms with Crippen molar-refractivity contribution >= 4 is 23.2 Å². The highest BCUT2D eigenvalue weighted by atomic mass is 35.5. The van der Waals surface area contributed by atoms with Crippen LogP contribution in [0.5, 0.6) is 5.75 Å². The summed E-state index contributed by atoms with van der Waals surface area (Å²) in [7, 11) is 0. The van der Waals surface area contributed by atoms with E-state index in [-0.39, 0.29) is 12.5 Å². The normalized spacial score (nSPS) is 11.0. The molecule has 0 saturated carbocycles. The zero-order chi connectivity index (χ0) is 15.1. The molecule has 5 nitrogen and oxygen atoms in total. The number of nitrogens with one attached hydrogen (secondary N) is 1. The number of carbonyl (C=O) groups excluding carboxylic acids is 1. The number of nitrogens with zero attached hydrogens (tertiary/aromatic N) is 2. The fraction of sp³-hybridized carbons (Fsp3) is 0.133. The number of aromatic nitrogens is 1. The van der Waals surface area contributed by atoms with E-state index in [1.807, 2.05) is 12.1 Å². The first-order chi connectivity index (χ1) is 10.2. The van der Waals surface area contributed by atoms with Crippen molar-refractivity contribution < 1.29 is 9.53 Å². The van der Waals surface area contributed by atoms with Gasteiger partial charge in [-0.1, -0.05) is 23.7 Å². The van der Waals surface area contributed by atoms with Crippen molar-refractivity contribution in [1.82, 2.24) is 10.4 Å². The summed E-state index contributed by atoms with van der Waals surface area (Å²) in [4.78, 5) is 15.6. The van der Waals surface area contributed by atoms with Gasteiger partial charge in [-0.2, -0.15) is 5.10 Å². The van der Waals surface area contributed by atoms with Gasteiger partial charge in [0.15, 0.2) is 6.61 Å². The number of para-hydroxylation sites is 1. The molecule has 0 aliphatic heterocycles. The number of rotatable bonds is 5. The zero-order valence-electron chi connectivity index (χ0n) is 11.4. The van der Waals surface area contributed by atoms with Gasteiger partial charge in [0.1, 0.15) is 5.75 Å². The predicted molar refractivity (Wildman–Crippen MR) is 81.5 cm³/mol. The number of benzene rings is 1. The largest absolute Gasteiger partial charge is 0.482 e. The lowest BCUT2D eigenvalue weighted by molar-refractivity contribution is -0.123. The third-order valence-corrected chi connectivity index (χ3v) is 2.95. The van der Waals surface area contributed by atoms with Crippen LogP contribution < -0.4 is 10.2 Å². The molecule has 0 saturated heterocycles. The highest BCUT2D eigenvalue weighted by molar-refractivity contribution is 6.32. The van der Waals surface area contributed by atoms with Gasteiger partial charge in [0, 0.05) is 18.0 Å². The molecule has 0 atom stereocenters. The van der Waals surface area contributed by atoms with Crippen molar-refractivity contribution in [2.24, 2.45) is 5.10 Å². The van der Waals surface area contributed by atoms with Crippen LogP contribution in [-0.2, 0) is 4.79 Å². The lowest BCUT2D eigenvalue weighted by Crippen LogP contribution is -2.25. The molecule has 1 amide bonds. The number of pyridine rings is 1. The lowest BCUT2D eigenvalue weighted by atomic mass is 10.2. The molecule has 0 unspecified atom stereocenters. The maximum atomic E-state index is 11.7. The number of hydrogen-bond acceptors (Lipinski definition) is 4. The molecule has 1 aromatic carbocycles. The van der Waals surface area contributed by atoms with E-state index in [0.29, 0.717) is 16.5 Å². The van der Waals surface area contributed by atoms with Crippen LogP contribution in [0.3, 0.4) is 0 Å². The van der Waals surface area contributed by atoms with Gasteiger partial charge in [0.2, 0.25) is 0 Å². The van der Waals surface area contributed by atoms with Crippen molar-refractivity contribution in [1.29, 1.82) is 0 Å². The quantitative estimate of drug-likeness (QED) is 0.682. The minimum atomic E-state index is -0.358. The number of amides is 1. The van der Waals surface area contributed by atoms with Crippen molar-refractivity contribution in [3.63, 3.8) is 0 Å². The van der Waals surface area contributed by atoms with Gasteiger partial charge in [-0.15, -0.1) is 0 Å². The van der Waals surface area contributed by atoms with Crippen LogP contribution in [0.25, 0.3) is 0 Å². The Morgan fingerprint density at radius 3 is 2.71 bits per heavy atom. The Morgan fingerprint density at radius 1 is 1.29 bits per heavy atom. The van der Waals surface area contributed by atoms with Crippen LogP contribution in [0.2, 0.25) is 5.02 Å². The second-order valence-corrected chi connectivity index (χ2v) is 4.59. The molecule has 2 aromatic rings. The molecule has 1 aromatic heterocycles. The molecule has 2 rings (SSSR count). The van der Waals surface area contributed by atoms with Crippen LogP contribution in [0.4, 0.5) is 0 Å². The van der Waals surface area contributed by atoms with Gasteiger partial charge in [-0.3, -0.25) is 9.78 Å². The van der Waals surface area contributed by atoms with Crippen LogP contribution in [0, 0.1) is 0 Å². The maximum absolute atomic E-state index is 11.7. The molecule has 0 spiro atoms. The Labute approximate surface area is 127 Å². The average Bonchev–Trinajstić information content (AvgIpc) is 2.52. The summed E-state index contributed by atoms with van der Waals surface area (Å²) >= 11 is 5.93. The van der Waals surface area contributed by atoms with E-state index in [9.17, 15) is 4.79 Å². The number of halogens is 1. The molecule has 0 fully saturated rings. The summed E-state index contributed by atoms with van der Waals surface area (Å²) in [6.45, 7) is 1.64. The summed E-state index contributed by atoms with van der Waals surface area (Å²) in [5, 5.41) is 4.47. The van der Waals surface area contributed by atoms with E-state index < -0.39 is 0 Å². The Morgan fingerprint density at radius 2 is 2.00 bits per heavy atom. The van der Waals surface area contributed by atoms with E-state index in [2.05, 4.69) is 15.5 Å². The van der Waals surface area contributed by atoms with E-state index in [4.69, 9.17) is 16.3 Å². The summed E-state index contributed by atoms with van der Waals surface area (Å²) in [5.74, 6) is 0.104. The fourth-order valence-electron chi connectivity index (χ4n) is 1.54. The topological polar surface area (TPSA) is 63.6 Å². The number of hydrogen-bond donors (Lipinski definition) is 1. The molecule has 0 aliphatic rings. The Balaban J connectivity index is 1.87. The number of carbonyl (C=O) groups is 1. The molecule has 0 bridgehead atoms. The molecule has 1 heterocycles. The van der Waals surface area contributed by atoms with Gasteiger partial charge < -0.3 is 4.74 Å². The van der Waals surface area contributed by atoms with Gasteiger partial charge in [0.05, 0.1) is 10.7 Å². The van der Waals surface area contributed by atoms with Crippen LogP contribution in [0.1, 0.15) is 12.5 Å². The molecular formula is C15H14ClN3O2. The molecule has 1 N–H and O–H groups in total. The second-order valence-electron chi connectivity index (χ2n) is 4.19. The summed E-state index contributed by atoms with van der Waals surface area (Å²) in [5.41, 5.74) is 4.00. The van der Waals surface area contributed by atoms with E-state index in [0.717, 1.165) is 5.56 Å². The van der Waals surface area contributed by atoms with Gasteiger partial charge in [0.25, 0.3) is 5.91 Å². The third kappa shape index (κ3) is 4.57. The smallest absolute Gasteiger partial charge is 0.277 e. The van der Waals surface area contributed by atoms with Crippen molar-refractivity contribution in [2.45, 2.75) is 6.92 Å². The number of hydrazone groups is 1. The van der Waals surface area contributed by atoms with Crippen LogP contribution in [0.15, 0.2) is 53.9 Å². The minimum Gasteiger partial charge on any atom is -0.482 e.